The predicted molar refractivity (Wildman–Crippen MR) is 140 cm³/mol. The highest BCUT2D eigenvalue weighted by molar-refractivity contribution is 6.50. The summed E-state index contributed by atoms with van der Waals surface area (Å²) in [6.45, 7) is 8.35. The molecule has 1 fully saturated rings. The van der Waals surface area contributed by atoms with Gasteiger partial charge in [-0.05, 0) is 43.2 Å². The molecule has 2 amide bonds. The molecule has 2 heterocycles. The second-order valence-electron chi connectivity index (χ2n) is 9.12. The maximum Gasteiger partial charge on any atom is 0.296 e. The van der Waals surface area contributed by atoms with Gasteiger partial charge in [-0.3, -0.25) is 14.4 Å². The van der Waals surface area contributed by atoms with Gasteiger partial charge in [0.2, 0.25) is 0 Å². The second-order valence-corrected chi connectivity index (χ2v) is 9.12. The molecule has 1 atom stereocenters. The molecule has 0 aromatic heterocycles. The summed E-state index contributed by atoms with van der Waals surface area (Å²) in [4.78, 5) is 44.2. The smallest absolute Gasteiger partial charge is 0.296 e. The van der Waals surface area contributed by atoms with Gasteiger partial charge in [0.1, 0.15) is 18.1 Å². The van der Waals surface area contributed by atoms with Gasteiger partial charge in [0.05, 0.1) is 17.9 Å². The summed E-state index contributed by atoms with van der Waals surface area (Å²) < 4.78 is 10.9. The number of aliphatic hydroxyl groups excluding tert-OH is 1. The minimum atomic E-state index is -1.78. The summed E-state index contributed by atoms with van der Waals surface area (Å²) in [6.07, 6.45) is 3.23. The van der Waals surface area contributed by atoms with Crippen LogP contribution in [0.5, 0.6) is 5.75 Å². The zero-order valence-corrected chi connectivity index (χ0v) is 21.5. The summed E-state index contributed by atoms with van der Waals surface area (Å²) in [5, 5.41) is 11.6. The summed E-state index contributed by atoms with van der Waals surface area (Å²) >= 11 is 0. The van der Waals surface area contributed by atoms with Crippen molar-refractivity contribution in [2.45, 2.75) is 32.2 Å². The summed E-state index contributed by atoms with van der Waals surface area (Å²) in [6, 6.07) is 12.1. The number of para-hydroxylation sites is 1. The van der Waals surface area contributed by atoms with Gasteiger partial charge < -0.3 is 24.4 Å². The van der Waals surface area contributed by atoms with Crippen LogP contribution >= 0.6 is 0 Å². The van der Waals surface area contributed by atoms with Gasteiger partial charge in [-0.1, -0.05) is 44.2 Å². The average Bonchev–Trinajstić information content (AvgIpc) is 3.27. The standard InChI is InChI=1S/C29H32N2O6/c1-5-7-14-30-22-11-9-8-10-21(22)29(28(30)35)24(26(33)27(34)31(29)15-17-36-4)25(32)20-12-13-23(19(3)18-20)37-16-6-2/h6,8-13,18,32H,2,5,7,14-17H2,1,3-4H3/b25-24+. The predicted octanol–water partition coefficient (Wildman–Crippen LogP) is 3.93. The number of hydrogen-bond donors (Lipinski definition) is 1. The Morgan fingerprint density at radius 3 is 2.57 bits per heavy atom. The van der Waals surface area contributed by atoms with Crippen LogP contribution in [0.1, 0.15) is 36.5 Å². The van der Waals surface area contributed by atoms with Crippen molar-refractivity contribution >= 4 is 29.0 Å². The fraction of sp³-hybridized carbons (Fsp3) is 0.345. The van der Waals surface area contributed by atoms with E-state index >= 15 is 0 Å². The Bertz CT molecular complexity index is 1280. The molecule has 1 spiro atoms. The van der Waals surface area contributed by atoms with Gasteiger partial charge in [-0.2, -0.15) is 0 Å². The van der Waals surface area contributed by atoms with E-state index in [0.29, 0.717) is 35.7 Å². The molecule has 194 valence electrons. The van der Waals surface area contributed by atoms with E-state index in [0.717, 1.165) is 18.4 Å². The molecule has 1 unspecified atom stereocenters. The fourth-order valence-electron chi connectivity index (χ4n) is 5.14. The van der Waals surface area contributed by atoms with Crippen molar-refractivity contribution in [3.8, 4) is 5.75 Å². The van der Waals surface area contributed by atoms with Crippen LogP contribution in [0.4, 0.5) is 5.69 Å². The Labute approximate surface area is 216 Å². The number of unbranched alkanes of at least 4 members (excludes halogenated alkanes) is 1. The van der Waals surface area contributed by atoms with E-state index in [1.54, 1.807) is 41.3 Å². The van der Waals surface area contributed by atoms with Crippen LogP contribution in [-0.4, -0.2) is 61.0 Å². The van der Waals surface area contributed by atoms with Gasteiger partial charge >= 0.3 is 0 Å². The number of amides is 2. The lowest BCUT2D eigenvalue weighted by Gasteiger charge is -2.34. The number of aryl methyl sites for hydroxylation is 1. The highest BCUT2D eigenvalue weighted by Crippen LogP contribution is 2.53. The Kier molecular flexibility index (Phi) is 7.50. The number of carbonyl (C=O) groups excluding carboxylic acids is 3. The number of Topliss-reactive ketones (excluding diaryl/α,β-unsaturated/α-hetero) is 1. The third-order valence-corrected chi connectivity index (χ3v) is 6.87. The number of methoxy groups -OCH3 is 1. The number of anilines is 1. The van der Waals surface area contributed by atoms with Gasteiger partial charge in [0, 0.05) is 31.3 Å². The number of nitrogens with zero attached hydrogens (tertiary/aromatic N) is 2. The van der Waals surface area contributed by atoms with E-state index in [1.807, 2.05) is 26.0 Å². The molecule has 4 rings (SSSR count). The van der Waals surface area contributed by atoms with Crippen LogP contribution < -0.4 is 9.64 Å². The van der Waals surface area contributed by atoms with E-state index in [9.17, 15) is 19.5 Å². The van der Waals surface area contributed by atoms with Crippen molar-refractivity contribution in [1.29, 1.82) is 0 Å². The first-order valence-corrected chi connectivity index (χ1v) is 12.4. The number of fused-ring (bicyclic) bond motifs is 2. The van der Waals surface area contributed by atoms with Crippen molar-refractivity contribution < 1.29 is 29.0 Å². The van der Waals surface area contributed by atoms with E-state index in [-0.39, 0.29) is 18.7 Å². The SMILES string of the molecule is C=CCOc1ccc(/C(O)=C2/C(=O)C(=O)N(CCOC)C23C(=O)N(CCCC)c2ccccc23)cc1C. The molecular weight excluding hydrogens is 472 g/mol. The first kappa shape index (κ1) is 26.2. The summed E-state index contributed by atoms with van der Waals surface area (Å²) in [5.41, 5.74) is 0.133. The van der Waals surface area contributed by atoms with Crippen LogP contribution in [0.3, 0.4) is 0 Å². The van der Waals surface area contributed by atoms with Crippen LogP contribution in [0.2, 0.25) is 0 Å². The van der Waals surface area contributed by atoms with E-state index in [2.05, 4.69) is 6.58 Å². The Balaban J connectivity index is 1.97. The van der Waals surface area contributed by atoms with Crippen LogP contribution in [-0.2, 0) is 24.7 Å². The monoisotopic (exact) mass is 504 g/mol. The normalized spacial score (nSPS) is 20.1. The van der Waals surface area contributed by atoms with Gasteiger partial charge in [-0.15, -0.1) is 0 Å². The van der Waals surface area contributed by atoms with Crippen LogP contribution in [0, 0.1) is 6.92 Å². The minimum Gasteiger partial charge on any atom is -0.507 e. The van der Waals surface area contributed by atoms with E-state index in [1.165, 1.54) is 12.0 Å². The molecule has 0 bridgehead atoms. The molecule has 0 saturated carbocycles. The molecule has 8 nitrogen and oxygen atoms in total. The highest BCUT2D eigenvalue weighted by atomic mass is 16.5. The molecule has 0 radical (unpaired) electrons. The quantitative estimate of drug-likeness (QED) is 0.228. The minimum absolute atomic E-state index is 0.00685. The van der Waals surface area contributed by atoms with Gasteiger partial charge in [0.15, 0.2) is 5.54 Å². The lowest BCUT2D eigenvalue weighted by atomic mass is 9.81. The van der Waals surface area contributed by atoms with Crippen molar-refractivity contribution in [2.24, 2.45) is 0 Å². The topological polar surface area (TPSA) is 96.4 Å². The highest BCUT2D eigenvalue weighted by Gasteiger charge is 2.66. The molecule has 2 aliphatic heterocycles. The van der Waals surface area contributed by atoms with Crippen molar-refractivity contribution in [2.75, 3.05) is 38.3 Å². The maximum atomic E-state index is 14.3. The van der Waals surface area contributed by atoms with Crippen molar-refractivity contribution in [1.82, 2.24) is 4.90 Å². The molecule has 2 aromatic carbocycles. The van der Waals surface area contributed by atoms with Gasteiger partial charge in [0.25, 0.3) is 17.6 Å². The largest absolute Gasteiger partial charge is 0.507 e. The number of likely N-dealkylation sites (tertiary alicyclic amines) is 1. The second kappa shape index (κ2) is 10.6. The molecule has 1 saturated heterocycles. The third-order valence-electron chi connectivity index (χ3n) is 6.87. The lowest BCUT2D eigenvalue weighted by Crippen LogP contribution is -2.52. The number of hydrogen-bond acceptors (Lipinski definition) is 6. The average molecular weight is 505 g/mol. The molecule has 2 aliphatic rings. The zero-order valence-electron chi connectivity index (χ0n) is 21.5. The molecule has 8 heteroatoms. The Morgan fingerprint density at radius 1 is 1.14 bits per heavy atom. The Hall–Kier alpha value is -3.91. The third kappa shape index (κ3) is 4.11. The molecule has 0 aliphatic carbocycles. The van der Waals surface area contributed by atoms with E-state index < -0.39 is 28.9 Å². The lowest BCUT2D eigenvalue weighted by molar-refractivity contribution is -0.144. The van der Waals surface area contributed by atoms with Crippen molar-refractivity contribution in [3.63, 3.8) is 0 Å². The summed E-state index contributed by atoms with van der Waals surface area (Å²) in [7, 11) is 1.49. The number of aliphatic hydroxyl groups is 1. The van der Waals surface area contributed by atoms with Crippen LogP contribution in [0.15, 0.2) is 60.7 Å². The zero-order chi connectivity index (χ0) is 26.7. The maximum absolute atomic E-state index is 14.3. The molecule has 37 heavy (non-hydrogen) atoms. The van der Waals surface area contributed by atoms with Gasteiger partial charge in [-0.25, -0.2) is 0 Å². The first-order chi connectivity index (χ1) is 17.8. The molecule has 1 N–H and O–H groups in total. The molecular formula is C29H32N2O6. The number of ketones is 1. The van der Waals surface area contributed by atoms with Crippen molar-refractivity contribution in [3.05, 3.63) is 77.4 Å². The number of ether oxygens (including phenoxy) is 2. The molecule has 2 aromatic rings. The number of rotatable bonds is 10. The first-order valence-electron chi connectivity index (χ1n) is 12.4. The van der Waals surface area contributed by atoms with Crippen LogP contribution in [0.25, 0.3) is 5.76 Å². The number of carbonyl (C=O) groups is 3. The van der Waals surface area contributed by atoms with E-state index in [4.69, 9.17) is 9.47 Å². The number of benzene rings is 2. The Morgan fingerprint density at radius 2 is 1.89 bits per heavy atom. The summed E-state index contributed by atoms with van der Waals surface area (Å²) in [5.74, 6) is -1.99. The fourth-order valence-corrected chi connectivity index (χ4v) is 5.14.